The van der Waals surface area contributed by atoms with Crippen LogP contribution in [-0.2, 0) is 22.5 Å². The molecule has 2 aromatic carbocycles. The molecule has 0 aliphatic heterocycles. The summed E-state index contributed by atoms with van der Waals surface area (Å²) < 4.78 is 21.4. The Morgan fingerprint density at radius 2 is 1.89 bits per heavy atom. The predicted molar refractivity (Wildman–Crippen MR) is 110 cm³/mol. The third-order valence-electron chi connectivity index (χ3n) is 4.78. The molecule has 0 aliphatic carbocycles. The Morgan fingerprint density at radius 3 is 2.71 bits per heavy atom. The van der Waals surface area contributed by atoms with Crippen molar-refractivity contribution in [1.82, 2.24) is 9.88 Å². The standard InChI is InChI=1S/C23H27FN2O2/c1-2-28-15-7-14-25-23(27)13-12-18-16-26(22-11-6-4-9-20(18)22)17-19-8-3-5-10-21(19)24/h3-6,8-11,16H,2,7,12-15,17H2,1H3,(H,25,27). The molecule has 1 N–H and O–H groups in total. The van der Waals surface area contributed by atoms with Crippen molar-refractivity contribution in [2.24, 2.45) is 0 Å². The maximum absolute atomic E-state index is 14.1. The summed E-state index contributed by atoms with van der Waals surface area (Å²) in [7, 11) is 0. The van der Waals surface area contributed by atoms with Gasteiger partial charge < -0.3 is 14.6 Å². The maximum Gasteiger partial charge on any atom is 0.220 e. The second-order valence-electron chi connectivity index (χ2n) is 6.79. The zero-order valence-corrected chi connectivity index (χ0v) is 16.3. The molecule has 0 spiro atoms. The van der Waals surface area contributed by atoms with Crippen LogP contribution in [0, 0.1) is 5.82 Å². The molecular weight excluding hydrogens is 355 g/mol. The number of fused-ring (bicyclic) bond motifs is 1. The lowest BCUT2D eigenvalue weighted by Crippen LogP contribution is -2.25. The van der Waals surface area contributed by atoms with Gasteiger partial charge >= 0.3 is 0 Å². The molecule has 1 aromatic heterocycles. The van der Waals surface area contributed by atoms with Gasteiger partial charge in [0, 0.05) is 48.8 Å². The number of nitrogens with zero attached hydrogens (tertiary/aromatic N) is 1. The highest BCUT2D eigenvalue weighted by Crippen LogP contribution is 2.24. The van der Waals surface area contributed by atoms with E-state index in [9.17, 15) is 9.18 Å². The number of carbonyl (C=O) groups is 1. The van der Waals surface area contributed by atoms with Gasteiger partial charge in [0.05, 0.1) is 6.54 Å². The molecule has 28 heavy (non-hydrogen) atoms. The number of nitrogens with one attached hydrogen (secondary N) is 1. The van der Waals surface area contributed by atoms with Crippen molar-refractivity contribution < 1.29 is 13.9 Å². The van der Waals surface area contributed by atoms with Gasteiger partial charge in [0.15, 0.2) is 0 Å². The average Bonchev–Trinajstić information content (AvgIpc) is 3.06. The van der Waals surface area contributed by atoms with Crippen LogP contribution in [0.4, 0.5) is 4.39 Å². The lowest BCUT2D eigenvalue weighted by molar-refractivity contribution is -0.121. The van der Waals surface area contributed by atoms with Crippen molar-refractivity contribution in [2.75, 3.05) is 19.8 Å². The third-order valence-corrected chi connectivity index (χ3v) is 4.78. The summed E-state index contributed by atoms with van der Waals surface area (Å²) in [5.74, 6) is -0.157. The van der Waals surface area contributed by atoms with Gasteiger partial charge in [-0.15, -0.1) is 0 Å². The smallest absolute Gasteiger partial charge is 0.220 e. The van der Waals surface area contributed by atoms with E-state index in [2.05, 4.69) is 16.0 Å². The second kappa shape index (κ2) is 10.0. The molecule has 0 unspecified atom stereocenters. The number of aromatic nitrogens is 1. The van der Waals surface area contributed by atoms with Gasteiger partial charge in [-0.1, -0.05) is 36.4 Å². The van der Waals surface area contributed by atoms with E-state index in [0.717, 1.165) is 22.9 Å². The number of ether oxygens (including phenoxy) is 1. The second-order valence-corrected chi connectivity index (χ2v) is 6.79. The molecule has 0 saturated carbocycles. The first-order valence-corrected chi connectivity index (χ1v) is 9.83. The topological polar surface area (TPSA) is 43.3 Å². The number of carbonyl (C=O) groups excluding carboxylic acids is 1. The van der Waals surface area contributed by atoms with Gasteiger partial charge in [0.25, 0.3) is 0 Å². The number of amides is 1. The Labute approximate surface area is 165 Å². The molecule has 0 fully saturated rings. The molecule has 0 aliphatic rings. The van der Waals surface area contributed by atoms with Crippen LogP contribution in [0.25, 0.3) is 10.9 Å². The lowest BCUT2D eigenvalue weighted by atomic mass is 10.1. The number of hydrogen-bond acceptors (Lipinski definition) is 2. The highest BCUT2D eigenvalue weighted by Gasteiger charge is 2.11. The fourth-order valence-electron chi connectivity index (χ4n) is 3.35. The van der Waals surface area contributed by atoms with Crippen molar-refractivity contribution in [2.45, 2.75) is 32.7 Å². The van der Waals surface area contributed by atoms with E-state index in [-0.39, 0.29) is 11.7 Å². The van der Waals surface area contributed by atoms with E-state index in [0.29, 0.717) is 44.7 Å². The molecule has 5 heteroatoms. The van der Waals surface area contributed by atoms with Crippen LogP contribution in [-0.4, -0.2) is 30.2 Å². The Kier molecular flexibility index (Phi) is 7.20. The molecule has 1 heterocycles. The van der Waals surface area contributed by atoms with Gasteiger partial charge in [-0.05, 0) is 37.5 Å². The normalized spacial score (nSPS) is 11.1. The van der Waals surface area contributed by atoms with Gasteiger partial charge in [-0.3, -0.25) is 4.79 Å². The predicted octanol–water partition coefficient (Wildman–Crippen LogP) is 4.30. The Balaban J connectivity index is 1.65. The Bertz CT molecular complexity index is 920. The highest BCUT2D eigenvalue weighted by atomic mass is 19.1. The zero-order chi connectivity index (χ0) is 19.8. The Hall–Kier alpha value is -2.66. The van der Waals surface area contributed by atoms with E-state index in [4.69, 9.17) is 4.74 Å². The summed E-state index contributed by atoms with van der Waals surface area (Å²) in [5, 5.41) is 4.05. The van der Waals surface area contributed by atoms with Gasteiger partial charge in [-0.25, -0.2) is 4.39 Å². The largest absolute Gasteiger partial charge is 0.382 e. The number of rotatable bonds is 10. The van der Waals surface area contributed by atoms with Crippen LogP contribution in [0.2, 0.25) is 0 Å². The first kappa shape index (κ1) is 20.1. The molecule has 0 radical (unpaired) electrons. The van der Waals surface area contributed by atoms with Crippen LogP contribution < -0.4 is 5.32 Å². The first-order valence-electron chi connectivity index (χ1n) is 9.83. The molecule has 148 valence electrons. The Morgan fingerprint density at radius 1 is 1.11 bits per heavy atom. The van der Waals surface area contributed by atoms with E-state index in [1.54, 1.807) is 12.1 Å². The monoisotopic (exact) mass is 382 g/mol. The summed E-state index contributed by atoms with van der Waals surface area (Å²) in [6, 6.07) is 14.9. The van der Waals surface area contributed by atoms with Gasteiger partial charge in [0.1, 0.15) is 5.82 Å². The van der Waals surface area contributed by atoms with Crippen LogP contribution >= 0.6 is 0 Å². The molecule has 0 bridgehead atoms. The van der Waals surface area contributed by atoms with Gasteiger partial charge in [-0.2, -0.15) is 0 Å². The SMILES string of the molecule is CCOCCCNC(=O)CCc1cn(Cc2ccccc2F)c2ccccc12. The van der Waals surface area contributed by atoms with Crippen molar-refractivity contribution in [3.05, 3.63) is 71.7 Å². The van der Waals surface area contributed by atoms with Crippen LogP contribution in [0.5, 0.6) is 0 Å². The number of aryl methyl sites for hydroxylation is 1. The van der Waals surface area contributed by atoms with Crippen LogP contribution in [0.15, 0.2) is 54.7 Å². The third kappa shape index (κ3) is 5.20. The quantitative estimate of drug-likeness (QED) is 0.531. The van der Waals surface area contributed by atoms with Crippen LogP contribution in [0.1, 0.15) is 30.9 Å². The summed E-state index contributed by atoms with van der Waals surface area (Å²) >= 11 is 0. The first-order chi connectivity index (χ1) is 13.7. The lowest BCUT2D eigenvalue weighted by Gasteiger charge is -2.06. The maximum atomic E-state index is 14.1. The number of halogens is 1. The fraction of sp³-hybridized carbons (Fsp3) is 0.348. The number of benzene rings is 2. The molecule has 0 atom stereocenters. The summed E-state index contributed by atoms with van der Waals surface area (Å²) in [6.45, 7) is 4.43. The van der Waals surface area contributed by atoms with Crippen LogP contribution in [0.3, 0.4) is 0 Å². The van der Waals surface area contributed by atoms with E-state index >= 15 is 0 Å². The zero-order valence-electron chi connectivity index (χ0n) is 16.3. The van der Waals surface area contributed by atoms with Crippen molar-refractivity contribution in [3.63, 3.8) is 0 Å². The highest BCUT2D eigenvalue weighted by molar-refractivity contribution is 5.85. The molecule has 1 amide bonds. The van der Waals surface area contributed by atoms with Gasteiger partial charge in [0.2, 0.25) is 5.91 Å². The summed E-state index contributed by atoms with van der Waals surface area (Å²) in [5.41, 5.74) is 2.82. The minimum absolute atomic E-state index is 0.0439. The minimum atomic E-state index is -0.201. The number of para-hydroxylation sites is 1. The van der Waals surface area contributed by atoms with E-state index < -0.39 is 0 Å². The molecule has 3 aromatic rings. The van der Waals surface area contributed by atoms with E-state index in [1.807, 2.05) is 37.4 Å². The minimum Gasteiger partial charge on any atom is -0.382 e. The average molecular weight is 382 g/mol. The van der Waals surface area contributed by atoms with E-state index in [1.165, 1.54) is 6.07 Å². The van der Waals surface area contributed by atoms with Crippen molar-refractivity contribution >= 4 is 16.8 Å². The molecule has 0 saturated heterocycles. The van der Waals surface area contributed by atoms with Crippen molar-refractivity contribution in [3.8, 4) is 0 Å². The summed E-state index contributed by atoms with van der Waals surface area (Å²) in [4.78, 5) is 12.1. The molecular formula is C23H27FN2O2. The fourth-order valence-corrected chi connectivity index (χ4v) is 3.35. The van der Waals surface area contributed by atoms with Crippen molar-refractivity contribution in [1.29, 1.82) is 0 Å². The summed E-state index contributed by atoms with van der Waals surface area (Å²) in [6.07, 6.45) is 3.95. The number of hydrogen-bond donors (Lipinski definition) is 1. The molecule has 3 rings (SSSR count). The molecule has 4 nitrogen and oxygen atoms in total.